The molecule has 1 aromatic carbocycles. The Morgan fingerprint density at radius 3 is 2.55 bits per heavy atom. The fraction of sp³-hybridized carbons (Fsp3) is 0.333. The number of fused-ring (bicyclic) bond motifs is 1. The van der Waals surface area contributed by atoms with Gasteiger partial charge in [-0.2, -0.15) is 0 Å². The minimum Gasteiger partial charge on any atom is -0.293 e. The van der Waals surface area contributed by atoms with Crippen LogP contribution in [0, 0.1) is 0 Å². The van der Waals surface area contributed by atoms with Gasteiger partial charge in [0.2, 0.25) is 0 Å². The van der Waals surface area contributed by atoms with E-state index in [9.17, 15) is 4.79 Å². The highest BCUT2D eigenvalue weighted by atomic mass is 35.5. The highest BCUT2D eigenvalue weighted by Gasteiger charge is 2.43. The Morgan fingerprint density at radius 2 is 1.86 bits per heavy atom. The molecular formula is C18H17Cl2NO. The highest BCUT2D eigenvalue weighted by molar-refractivity contribution is 6.30. The maximum Gasteiger partial charge on any atom is 0.175 e. The number of rotatable bonds is 3. The van der Waals surface area contributed by atoms with Gasteiger partial charge in [0.25, 0.3) is 0 Å². The fourth-order valence-electron chi connectivity index (χ4n) is 3.43. The number of carbonyl (C=O) groups excluding carboxylic acids is 1. The lowest BCUT2D eigenvalue weighted by atomic mass is 9.65. The molecule has 0 amide bonds. The van der Waals surface area contributed by atoms with Gasteiger partial charge in [-0.25, -0.2) is 4.98 Å². The predicted molar refractivity (Wildman–Crippen MR) is 89.9 cm³/mol. The Kier molecular flexibility index (Phi) is 4.24. The van der Waals surface area contributed by atoms with E-state index in [0.717, 1.165) is 36.9 Å². The first-order chi connectivity index (χ1) is 10.6. The van der Waals surface area contributed by atoms with E-state index in [-0.39, 0.29) is 5.78 Å². The van der Waals surface area contributed by atoms with Crippen LogP contribution in [0.2, 0.25) is 10.2 Å². The average molecular weight is 334 g/mol. The van der Waals surface area contributed by atoms with Crippen LogP contribution < -0.4 is 0 Å². The topological polar surface area (TPSA) is 30.0 Å². The van der Waals surface area contributed by atoms with Gasteiger partial charge in [-0.05, 0) is 49.1 Å². The monoisotopic (exact) mass is 333 g/mol. The van der Waals surface area contributed by atoms with E-state index in [1.54, 1.807) is 6.07 Å². The number of pyridine rings is 1. The standard InChI is InChI=1S/C18H17Cl2NO/c1-2-10-18(12-3-5-13(19)6-4-12)11-9-15-14(17(18)22)7-8-16(20)21-15/h3-8H,2,9-11H2,1H3. The third kappa shape index (κ3) is 2.55. The van der Waals surface area contributed by atoms with Crippen LogP contribution in [0.3, 0.4) is 0 Å². The van der Waals surface area contributed by atoms with Crippen molar-refractivity contribution in [1.29, 1.82) is 0 Å². The summed E-state index contributed by atoms with van der Waals surface area (Å²) in [6.07, 6.45) is 3.31. The number of aryl methyl sites for hydroxylation is 1. The lowest BCUT2D eigenvalue weighted by molar-refractivity contribution is 0.0847. The SMILES string of the molecule is CCCC1(c2ccc(Cl)cc2)CCc2nc(Cl)ccc2C1=O. The summed E-state index contributed by atoms with van der Waals surface area (Å²) in [6.45, 7) is 2.11. The second-order valence-corrected chi connectivity index (χ2v) is 6.62. The molecule has 1 aliphatic carbocycles. The molecule has 2 aromatic rings. The first-order valence-electron chi connectivity index (χ1n) is 7.53. The predicted octanol–water partition coefficient (Wildman–Crippen LogP) is 5.26. The number of ketones is 1. The molecule has 1 heterocycles. The molecule has 1 aliphatic rings. The smallest absolute Gasteiger partial charge is 0.175 e. The minimum absolute atomic E-state index is 0.155. The summed E-state index contributed by atoms with van der Waals surface area (Å²) in [5, 5.41) is 1.13. The Labute approximate surface area is 140 Å². The van der Waals surface area contributed by atoms with E-state index in [1.165, 1.54) is 0 Å². The van der Waals surface area contributed by atoms with Crippen molar-refractivity contribution >= 4 is 29.0 Å². The summed E-state index contributed by atoms with van der Waals surface area (Å²) in [6, 6.07) is 11.2. The number of halogens is 2. The number of hydrogen-bond donors (Lipinski definition) is 0. The molecule has 4 heteroatoms. The van der Waals surface area contributed by atoms with Gasteiger partial charge in [-0.15, -0.1) is 0 Å². The van der Waals surface area contributed by atoms with Crippen molar-refractivity contribution < 1.29 is 4.79 Å². The van der Waals surface area contributed by atoms with Gasteiger partial charge in [0.05, 0.1) is 11.1 Å². The van der Waals surface area contributed by atoms with E-state index in [0.29, 0.717) is 15.7 Å². The molecule has 114 valence electrons. The maximum atomic E-state index is 13.2. The molecule has 0 aliphatic heterocycles. The summed E-state index contributed by atoms with van der Waals surface area (Å²) < 4.78 is 0. The molecular weight excluding hydrogens is 317 g/mol. The van der Waals surface area contributed by atoms with E-state index >= 15 is 0 Å². The highest BCUT2D eigenvalue weighted by Crippen LogP contribution is 2.42. The van der Waals surface area contributed by atoms with Gasteiger partial charge in [-0.1, -0.05) is 48.7 Å². The molecule has 0 spiro atoms. The quantitative estimate of drug-likeness (QED) is 0.717. The van der Waals surface area contributed by atoms with Gasteiger partial charge in [0.15, 0.2) is 5.78 Å². The summed E-state index contributed by atoms with van der Waals surface area (Å²) in [4.78, 5) is 17.5. The van der Waals surface area contributed by atoms with Gasteiger partial charge >= 0.3 is 0 Å². The number of nitrogens with zero attached hydrogens (tertiary/aromatic N) is 1. The molecule has 0 fully saturated rings. The maximum absolute atomic E-state index is 13.2. The average Bonchev–Trinajstić information content (AvgIpc) is 2.51. The van der Waals surface area contributed by atoms with Crippen LogP contribution in [0.4, 0.5) is 0 Å². The molecule has 0 bridgehead atoms. The van der Waals surface area contributed by atoms with Crippen LogP contribution in [0.5, 0.6) is 0 Å². The zero-order valence-corrected chi connectivity index (χ0v) is 13.9. The van der Waals surface area contributed by atoms with E-state index in [4.69, 9.17) is 23.2 Å². The molecule has 3 rings (SSSR count). The third-order valence-corrected chi connectivity index (χ3v) is 4.94. The van der Waals surface area contributed by atoms with E-state index in [2.05, 4.69) is 11.9 Å². The molecule has 1 aromatic heterocycles. The fourth-order valence-corrected chi connectivity index (χ4v) is 3.72. The molecule has 0 saturated carbocycles. The van der Waals surface area contributed by atoms with Crippen LogP contribution in [0.25, 0.3) is 0 Å². The van der Waals surface area contributed by atoms with Crippen LogP contribution in [-0.4, -0.2) is 10.8 Å². The normalized spacial score (nSPS) is 20.8. The van der Waals surface area contributed by atoms with Crippen molar-refractivity contribution in [3.05, 3.63) is 63.4 Å². The summed E-state index contributed by atoms with van der Waals surface area (Å²) in [5.41, 5.74) is 2.10. The molecule has 1 unspecified atom stereocenters. The number of hydrogen-bond acceptors (Lipinski definition) is 2. The second-order valence-electron chi connectivity index (χ2n) is 5.80. The lowest BCUT2D eigenvalue weighted by Gasteiger charge is -2.36. The molecule has 0 saturated heterocycles. The Balaban J connectivity index is 2.10. The van der Waals surface area contributed by atoms with E-state index in [1.807, 2.05) is 30.3 Å². The van der Waals surface area contributed by atoms with Gasteiger partial charge < -0.3 is 0 Å². The van der Waals surface area contributed by atoms with Crippen LogP contribution in [0.15, 0.2) is 36.4 Å². The summed E-state index contributed by atoms with van der Waals surface area (Å²) in [5.74, 6) is 0.155. The van der Waals surface area contributed by atoms with E-state index < -0.39 is 5.41 Å². The van der Waals surface area contributed by atoms with Crippen molar-refractivity contribution in [1.82, 2.24) is 4.98 Å². The largest absolute Gasteiger partial charge is 0.293 e. The number of benzene rings is 1. The number of carbonyl (C=O) groups is 1. The molecule has 1 atom stereocenters. The van der Waals surface area contributed by atoms with Crippen molar-refractivity contribution in [2.24, 2.45) is 0 Å². The van der Waals surface area contributed by atoms with Crippen molar-refractivity contribution in [2.45, 2.75) is 38.0 Å². The lowest BCUT2D eigenvalue weighted by Crippen LogP contribution is -2.40. The van der Waals surface area contributed by atoms with Crippen LogP contribution in [-0.2, 0) is 11.8 Å². The second kappa shape index (κ2) is 6.02. The number of aromatic nitrogens is 1. The Bertz CT molecular complexity index is 712. The summed E-state index contributed by atoms with van der Waals surface area (Å²) in [7, 11) is 0. The van der Waals surface area contributed by atoms with Crippen LogP contribution >= 0.6 is 23.2 Å². The van der Waals surface area contributed by atoms with Crippen molar-refractivity contribution in [2.75, 3.05) is 0 Å². The zero-order chi connectivity index (χ0) is 15.7. The molecule has 0 radical (unpaired) electrons. The summed E-state index contributed by atoms with van der Waals surface area (Å²) >= 11 is 12.0. The molecule has 0 N–H and O–H groups in total. The van der Waals surface area contributed by atoms with Crippen molar-refractivity contribution in [3.8, 4) is 0 Å². The number of Topliss-reactive ketones (excluding diaryl/α,β-unsaturated/α-hetero) is 1. The van der Waals surface area contributed by atoms with Crippen molar-refractivity contribution in [3.63, 3.8) is 0 Å². The van der Waals surface area contributed by atoms with Gasteiger partial charge in [0.1, 0.15) is 5.15 Å². The Hall–Kier alpha value is -1.38. The Morgan fingerprint density at radius 1 is 1.14 bits per heavy atom. The minimum atomic E-state index is -0.470. The molecule has 22 heavy (non-hydrogen) atoms. The third-order valence-electron chi connectivity index (χ3n) is 4.48. The van der Waals surface area contributed by atoms with Crippen LogP contribution in [0.1, 0.15) is 47.8 Å². The molecule has 2 nitrogen and oxygen atoms in total. The first-order valence-corrected chi connectivity index (χ1v) is 8.29. The zero-order valence-electron chi connectivity index (χ0n) is 12.4. The van der Waals surface area contributed by atoms with Gasteiger partial charge in [-0.3, -0.25) is 4.79 Å². The van der Waals surface area contributed by atoms with Gasteiger partial charge in [0, 0.05) is 10.6 Å². The first kappa shape index (κ1) is 15.5.